The Balaban J connectivity index is 2.04. The van der Waals surface area contributed by atoms with Crippen LogP contribution in [0.3, 0.4) is 0 Å². The van der Waals surface area contributed by atoms with Crippen molar-refractivity contribution in [2.24, 2.45) is 0 Å². The molecule has 22 heavy (non-hydrogen) atoms. The van der Waals surface area contributed by atoms with Crippen molar-refractivity contribution in [1.29, 1.82) is 0 Å². The number of nitrogens with one attached hydrogen (secondary N) is 2. The second-order valence-electron chi connectivity index (χ2n) is 5.00. The SMILES string of the molecule is C=CCNC(=O)c1cc(C(=O)NC2CCS(=O)(=O)C2)ccn1. The van der Waals surface area contributed by atoms with Crippen molar-refractivity contribution in [3.63, 3.8) is 0 Å². The van der Waals surface area contributed by atoms with Gasteiger partial charge in [-0.3, -0.25) is 14.6 Å². The molecule has 0 radical (unpaired) electrons. The molecule has 1 fully saturated rings. The van der Waals surface area contributed by atoms with Gasteiger partial charge in [0.25, 0.3) is 11.8 Å². The summed E-state index contributed by atoms with van der Waals surface area (Å²) in [5.74, 6) is -0.778. The average molecular weight is 323 g/mol. The lowest BCUT2D eigenvalue weighted by atomic mass is 10.2. The summed E-state index contributed by atoms with van der Waals surface area (Å²) in [6.45, 7) is 3.80. The number of carbonyl (C=O) groups excluding carboxylic acids is 2. The summed E-state index contributed by atoms with van der Waals surface area (Å²) in [6.07, 6.45) is 3.31. The van der Waals surface area contributed by atoms with Crippen LogP contribution < -0.4 is 10.6 Å². The number of pyridine rings is 1. The van der Waals surface area contributed by atoms with E-state index < -0.39 is 21.7 Å². The van der Waals surface area contributed by atoms with Gasteiger partial charge in [-0.25, -0.2) is 8.42 Å². The van der Waals surface area contributed by atoms with Crippen LogP contribution in [0.15, 0.2) is 31.0 Å². The van der Waals surface area contributed by atoms with Crippen LogP contribution in [0.2, 0.25) is 0 Å². The van der Waals surface area contributed by atoms with Gasteiger partial charge in [-0.2, -0.15) is 0 Å². The van der Waals surface area contributed by atoms with E-state index in [-0.39, 0.29) is 28.8 Å². The number of hydrogen-bond donors (Lipinski definition) is 2. The van der Waals surface area contributed by atoms with Gasteiger partial charge >= 0.3 is 0 Å². The molecule has 2 amide bonds. The fourth-order valence-corrected chi connectivity index (χ4v) is 3.80. The molecular formula is C14H17N3O4S. The van der Waals surface area contributed by atoms with Crippen LogP contribution >= 0.6 is 0 Å². The van der Waals surface area contributed by atoms with Gasteiger partial charge in [-0.1, -0.05) is 6.08 Å². The third-order valence-electron chi connectivity index (χ3n) is 3.23. The highest BCUT2D eigenvalue weighted by molar-refractivity contribution is 7.91. The standard InChI is InChI=1S/C14H17N3O4S/c1-2-5-16-14(19)12-8-10(3-6-15-12)13(18)17-11-4-7-22(20,21)9-11/h2-3,6,8,11H,1,4-5,7,9H2,(H,16,19)(H,17,18). The summed E-state index contributed by atoms with van der Waals surface area (Å²) in [4.78, 5) is 27.8. The number of amides is 2. The molecule has 1 aromatic rings. The Morgan fingerprint density at radius 3 is 2.82 bits per heavy atom. The van der Waals surface area contributed by atoms with Gasteiger partial charge in [0.05, 0.1) is 11.5 Å². The van der Waals surface area contributed by atoms with Gasteiger partial charge in [0.15, 0.2) is 9.84 Å². The van der Waals surface area contributed by atoms with Crippen molar-refractivity contribution in [3.05, 3.63) is 42.2 Å². The summed E-state index contributed by atoms with van der Waals surface area (Å²) >= 11 is 0. The minimum Gasteiger partial charge on any atom is -0.348 e. The number of hydrogen-bond acceptors (Lipinski definition) is 5. The average Bonchev–Trinajstić information content (AvgIpc) is 2.83. The van der Waals surface area contributed by atoms with E-state index in [1.54, 1.807) is 0 Å². The van der Waals surface area contributed by atoms with Crippen molar-refractivity contribution >= 4 is 21.7 Å². The summed E-state index contributed by atoms with van der Waals surface area (Å²) in [6, 6.07) is 2.46. The van der Waals surface area contributed by atoms with Crippen molar-refractivity contribution in [3.8, 4) is 0 Å². The van der Waals surface area contributed by atoms with Crippen LogP contribution in [0.4, 0.5) is 0 Å². The predicted molar refractivity (Wildman–Crippen MR) is 81.3 cm³/mol. The minimum absolute atomic E-state index is 0.0451. The Hall–Kier alpha value is -2.22. The Bertz CT molecular complexity index is 700. The Kier molecular flexibility index (Phi) is 4.92. The molecule has 118 valence electrons. The van der Waals surface area contributed by atoms with E-state index in [2.05, 4.69) is 22.2 Å². The molecule has 0 bridgehead atoms. The zero-order chi connectivity index (χ0) is 16.2. The van der Waals surface area contributed by atoms with Crippen LogP contribution in [-0.4, -0.2) is 49.3 Å². The minimum atomic E-state index is -3.06. The first-order valence-electron chi connectivity index (χ1n) is 6.78. The van der Waals surface area contributed by atoms with Crippen molar-refractivity contribution in [1.82, 2.24) is 15.6 Å². The fraction of sp³-hybridized carbons (Fsp3) is 0.357. The zero-order valence-corrected chi connectivity index (χ0v) is 12.7. The molecule has 1 aliphatic rings. The van der Waals surface area contributed by atoms with Crippen LogP contribution in [0.25, 0.3) is 0 Å². The van der Waals surface area contributed by atoms with Gasteiger partial charge < -0.3 is 10.6 Å². The largest absolute Gasteiger partial charge is 0.348 e. The molecule has 0 spiro atoms. The lowest BCUT2D eigenvalue weighted by Gasteiger charge is -2.11. The molecule has 1 unspecified atom stereocenters. The van der Waals surface area contributed by atoms with Crippen molar-refractivity contribution in [2.75, 3.05) is 18.1 Å². The number of carbonyl (C=O) groups is 2. The van der Waals surface area contributed by atoms with E-state index >= 15 is 0 Å². The summed E-state index contributed by atoms with van der Waals surface area (Å²) in [5, 5.41) is 5.23. The highest BCUT2D eigenvalue weighted by Gasteiger charge is 2.29. The fourth-order valence-electron chi connectivity index (χ4n) is 2.13. The van der Waals surface area contributed by atoms with Gasteiger partial charge in [-0.15, -0.1) is 6.58 Å². The quantitative estimate of drug-likeness (QED) is 0.737. The molecule has 7 nitrogen and oxygen atoms in total. The normalized spacial score (nSPS) is 19.4. The molecule has 1 aromatic heterocycles. The zero-order valence-electron chi connectivity index (χ0n) is 11.9. The second kappa shape index (κ2) is 6.69. The van der Waals surface area contributed by atoms with Crippen LogP contribution in [0.1, 0.15) is 27.3 Å². The summed E-state index contributed by atoms with van der Waals surface area (Å²) in [7, 11) is -3.06. The van der Waals surface area contributed by atoms with Gasteiger partial charge in [0.1, 0.15) is 5.69 Å². The topological polar surface area (TPSA) is 105 Å². The maximum atomic E-state index is 12.1. The number of sulfone groups is 1. The Morgan fingerprint density at radius 1 is 1.41 bits per heavy atom. The van der Waals surface area contributed by atoms with E-state index in [9.17, 15) is 18.0 Å². The van der Waals surface area contributed by atoms with E-state index in [0.717, 1.165) is 0 Å². The maximum absolute atomic E-state index is 12.1. The molecule has 2 N–H and O–H groups in total. The molecule has 0 saturated carbocycles. The first-order chi connectivity index (χ1) is 10.4. The molecule has 1 aliphatic heterocycles. The lowest BCUT2D eigenvalue weighted by molar-refractivity contribution is 0.0941. The van der Waals surface area contributed by atoms with Crippen LogP contribution in [-0.2, 0) is 9.84 Å². The first-order valence-corrected chi connectivity index (χ1v) is 8.60. The highest BCUT2D eigenvalue weighted by atomic mass is 32.2. The molecule has 8 heteroatoms. The lowest BCUT2D eigenvalue weighted by Crippen LogP contribution is -2.35. The smallest absolute Gasteiger partial charge is 0.270 e. The summed E-state index contributed by atoms with van der Waals surface area (Å²) < 4.78 is 22.8. The number of aromatic nitrogens is 1. The van der Waals surface area contributed by atoms with Gasteiger partial charge in [0.2, 0.25) is 0 Å². The molecular weight excluding hydrogens is 306 g/mol. The predicted octanol–water partition coefficient (Wildman–Crippen LogP) is -0.0857. The van der Waals surface area contributed by atoms with Crippen LogP contribution in [0.5, 0.6) is 0 Å². The molecule has 2 rings (SSSR count). The van der Waals surface area contributed by atoms with E-state index in [0.29, 0.717) is 13.0 Å². The monoisotopic (exact) mass is 323 g/mol. The molecule has 1 saturated heterocycles. The van der Waals surface area contributed by atoms with Crippen LogP contribution in [0, 0.1) is 0 Å². The first kappa shape index (κ1) is 16.2. The third-order valence-corrected chi connectivity index (χ3v) is 5.00. The second-order valence-corrected chi connectivity index (χ2v) is 7.23. The molecule has 0 aliphatic carbocycles. The number of rotatable bonds is 5. The number of nitrogens with zero attached hydrogens (tertiary/aromatic N) is 1. The van der Waals surface area contributed by atoms with E-state index in [1.165, 1.54) is 24.4 Å². The van der Waals surface area contributed by atoms with E-state index in [4.69, 9.17) is 0 Å². The summed E-state index contributed by atoms with van der Waals surface area (Å²) in [5.41, 5.74) is 0.386. The Morgan fingerprint density at radius 2 is 2.18 bits per heavy atom. The Labute approximate surface area is 128 Å². The third kappa shape index (κ3) is 4.14. The van der Waals surface area contributed by atoms with E-state index in [1.807, 2.05) is 0 Å². The van der Waals surface area contributed by atoms with Gasteiger partial charge in [-0.05, 0) is 18.6 Å². The molecule has 1 atom stereocenters. The highest BCUT2D eigenvalue weighted by Crippen LogP contribution is 2.12. The molecule has 0 aromatic carbocycles. The maximum Gasteiger partial charge on any atom is 0.270 e. The molecule has 2 heterocycles. The van der Waals surface area contributed by atoms with Gasteiger partial charge in [0, 0.05) is 24.3 Å². The van der Waals surface area contributed by atoms with Crippen molar-refractivity contribution < 1.29 is 18.0 Å². The van der Waals surface area contributed by atoms with Crippen molar-refractivity contribution in [2.45, 2.75) is 12.5 Å².